The number of rotatable bonds is 6. The highest BCUT2D eigenvalue weighted by Crippen LogP contribution is 2.26. The summed E-state index contributed by atoms with van der Waals surface area (Å²) in [4.78, 5) is 14.2. The summed E-state index contributed by atoms with van der Waals surface area (Å²) in [6.45, 7) is 3.73. The van der Waals surface area contributed by atoms with Crippen molar-refractivity contribution in [1.29, 1.82) is 0 Å². The molecule has 2 rings (SSSR count). The monoisotopic (exact) mass is 358 g/mol. The van der Waals surface area contributed by atoms with Crippen molar-refractivity contribution < 1.29 is 13.2 Å². The third-order valence-corrected chi connectivity index (χ3v) is 6.29. The maximum Gasteiger partial charge on any atom is 0.255 e. The molecule has 1 saturated heterocycles. The smallest absolute Gasteiger partial charge is 0.255 e. The van der Waals surface area contributed by atoms with Gasteiger partial charge in [-0.1, -0.05) is 24.9 Å². The molecule has 0 unspecified atom stereocenters. The zero-order valence-corrected chi connectivity index (χ0v) is 15.2. The lowest BCUT2D eigenvalue weighted by Crippen LogP contribution is -2.30. The normalized spacial score (nSPS) is 15.8. The standard InChI is InChI=1S/C16H23ClN2O3S/c1-3-4-9-18(2)16(20)14-12-13(7-8-15(14)17)23(21,22)19-10-5-6-11-19/h7-8,12H,3-6,9-11H2,1-2H3. The minimum absolute atomic E-state index is 0.135. The molecule has 5 nitrogen and oxygen atoms in total. The number of hydrogen-bond acceptors (Lipinski definition) is 3. The van der Waals surface area contributed by atoms with Gasteiger partial charge in [0.15, 0.2) is 0 Å². The number of amides is 1. The van der Waals surface area contributed by atoms with E-state index in [-0.39, 0.29) is 21.4 Å². The largest absolute Gasteiger partial charge is 0.342 e. The quantitative estimate of drug-likeness (QED) is 0.785. The van der Waals surface area contributed by atoms with Crippen molar-refractivity contribution in [3.05, 3.63) is 28.8 Å². The molecule has 7 heteroatoms. The van der Waals surface area contributed by atoms with Crippen LogP contribution in [0.25, 0.3) is 0 Å². The van der Waals surface area contributed by atoms with Crippen LogP contribution in [-0.2, 0) is 10.0 Å². The molecule has 0 bridgehead atoms. The topological polar surface area (TPSA) is 57.7 Å². The number of halogens is 1. The molecule has 0 saturated carbocycles. The van der Waals surface area contributed by atoms with Gasteiger partial charge in [-0.25, -0.2) is 8.42 Å². The van der Waals surface area contributed by atoms with Crippen molar-refractivity contribution >= 4 is 27.5 Å². The molecule has 128 valence electrons. The summed E-state index contributed by atoms with van der Waals surface area (Å²) in [7, 11) is -1.85. The Labute approximate surface area is 143 Å². The maximum absolute atomic E-state index is 12.6. The van der Waals surface area contributed by atoms with Gasteiger partial charge in [0.05, 0.1) is 15.5 Å². The van der Waals surface area contributed by atoms with Crippen LogP contribution in [0.2, 0.25) is 5.02 Å². The molecule has 1 fully saturated rings. The predicted molar refractivity (Wildman–Crippen MR) is 91.3 cm³/mol. The molecule has 23 heavy (non-hydrogen) atoms. The molecular formula is C16H23ClN2O3S. The Hall–Kier alpha value is -1.11. The molecule has 1 aromatic rings. The van der Waals surface area contributed by atoms with E-state index in [2.05, 4.69) is 6.92 Å². The fourth-order valence-electron chi connectivity index (χ4n) is 2.61. The molecule has 1 amide bonds. The van der Waals surface area contributed by atoms with Crippen LogP contribution in [-0.4, -0.2) is 50.2 Å². The summed E-state index contributed by atoms with van der Waals surface area (Å²) >= 11 is 6.12. The SMILES string of the molecule is CCCCN(C)C(=O)c1cc(S(=O)(=O)N2CCCC2)ccc1Cl. The van der Waals surface area contributed by atoms with Crippen molar-refractivity contribution in [1.82, 2.24) is 9.21 Å². The van der Waals surface area contributed by atoms with E-state index in [1.165, 1.54) is 22.5 Å². The molecule has 1 aliphatic rings. The van der Waals surface area contributed by atoms with Gasteiger partial charge in [-0.3, -0.25) is 4.79 Å². The van der Waals surface area contributed by atoms with Gasteiger partial charge < -0.3 is 4.90 Å². The number of hydrogen-bond donors (Lipinski definition) is 0. The summed E-state index contributed by atoms with van der Waals surface area (Å²) in [6, 6.07) is 4.37. The van der Waals surface area contributed by atoms with E-state index >= 15 is 0 Å². The van der Waals surface area contributed by atoms with Gasteiger partial charge in [0.2, 0.25) is 10.0 Å². The summed E-state index contributed by atoms with van der Waals surface area (Å²) in [5, 5.41) is 0.277. The Kier molecular flexibility index (Phi) is 6.06. The Morgan fingerprint density at radius 1 is 1.30 bits per heavy atom. The van der Waals surface area contributed by atoms with Crippen LogP contribution >= 0.6 is 11.6 Å². The van der Waals surface area contributed by atoms with E-state index in [1.807, 2.05) is 0 Å². The first-order valence-corrected chi connectivity index (χ1v) is 9.75. The second-order valence-electron chi connectivity index (χ2n) is 5.83. The van der Waals surface area contributed by atoms with E-state index in [0.717, 1.165) is 25.7 Å². The number of unbranched alkanes of at least 4 members (excludes halogenated alkanes) is 1. The van der Waals surface area contributed by atoms with E-state index in [4.69, 9.17) is 11.6 Å². The fourth-order valence-corrected chi connectivity index (χ4v) is 4.35. The highest BCUT2D eigenvalue weighted by Gasteiger charge is 2.28. The van der Waals surface area contributed by atoms with Crippen LogP contribution in [0.3, 0.4) is 0 Å². The molecule has 1 heterocycles. The second kappa shape index (κ2) is 7.64. The van der Waals surface area contributed by atoms with Crippen LogP contribution in [0.15, 0.2) is 23.1 Å². The van der Waals surface area contributed by atoms with Crippen molar-refractivity contribution in [3.63, 3.8) is 0 Å². The fraction of sp³-hybridized carbons (Fsp3) is 0.562. The van der Waals surface area contributed by atoms with Crippen LogP contribution in [0.5, 0.6) is 0 Å². The number of sulfonamides is 1. The van der Waals surface area contributed by atoms with E-state index in [9.17, 15) is 13.2 Å². The van der Waals surface area contributed by atoms with Gasteiger partial charge >= 0.3 is 0 Å². The molecule has 0 atom stereocenters. The minimum atomic E-state index is -3.55. The molecule has 0 radical (unpaired) electrons. The minimum Gasteiger partial charge on any atom is -0.342 e. The molecule has 1 aromatic carbocycles. The van der Waals surface area contributed by atoms with Gasteiger partial charge in [-0.2, -0.15) is 4.31 Å². The van der Waals surface area contributed by atoms with Crippen LogP contribution < -0.4 is 0 Å². The van der Waals surface area contributed by atoms with E-state index < -0.39 is 10.0 Å². The van der Waals surface area contributed by atoms with Crippen LogP contribution in [0.1, 0.15) is 43.0 Å². The molecule has 0 N–H and O–H groups in total. The van der Waals surface area contributed by atoms with E-state index in [1.54, 1.807) is 11.9 Å². The number of benzene rings is 1. The highest BCUT2D eigenvalue weighted by molar-refractivity contribution is 7.89. The number of carbonyl (C=O) groups excluding carboxylic acids is 1. The first-order chi connectivity index (χ1) is 10.9. The second-order valence-corrected chi connectivity index (χ2v) is 8.18. The lowest BCUT2D eigenvalue weighted by molar-refractivity contribution is 0.0793. The summed E-state index contributed by atoms with van der Waals surface area (Å²) in [6.07, 6.45) is 3.62. The lowest BCUT2D eigenvalue weighted by Gasteiger charge is -2.19. The van der Waals surface area contributed by atoms with Gasteiger partial charge in [0, 0.05) is 26.7 Å². The molecule has 0 aliphatic carbocycles. The zero-order valence-electron chi connectivity index (χ0n) is 13.6. The maximum atomic E-state index is 12.6. The Morgan fingerprint density at radius 2 is 1.96 bits per heavy atom. The van der Waals surface area contributed by atoms with Crippen LogP contribution in [0.4, 0.5) is 0 Å². The van der Waals surface area contributed by atoms with Crippen molar-refractivity contribution in [2.75, 3.05) is 26.7 Å². The third kappa shape index (κ3) is 4.05. The van der Waals surface area contributed by atoms with Gasteiger partial charge in [0.1, 0.15) is 0 Å². The average molecular weight is 359 g/mol. The summed E-state index contributed by atoms with van der Waals surface area (Å²) < 4.78 is 26.7. The Balaban J connectivity index is 2.30. The van der Waals surface area contributed by atoms with Gasteiger partial charge in [-0.05, 0) is 37.5 Å². The van der Waals surface area contributed by atoms with Crippen LogP contribution in [0, 0.1) is 0 Å². The first kappa shape index (κ1) is 18.2. The number of nitrogens with zero attached hydrogens (tertiary/aromatic N) is 2. The highest BCUT2D eigenvalue weighted by atomic mass is 35.5. The van der Waals surface area contributed by atoms with Gasteiger partial charge in [0.25, 0.3) is 5.91 Å². The van der Waals surface area contributed by atoms with Crippen molar-refractivity contribution in [2.24, 2.45) is 0 Å². The van der Waals surface area contributed by atoms with Crippen molar-refractivity contribution in [3.8, 4) is 0 Å². The van der Waals surface area contributed by atoms with Crippen molar-refractivity contribution in [2.45, 2.75) is 37.5 Å². The zero-order chi connectivity index (χ0) is 17.0. The van der Waals surface area contributed by atoms with Gasteiger partial charge in [-0.15, -0.1) is 0 Å². The Morgan fingerprint density at radius 3 is 2.57 bits per heavy atom. The van der Waals surface area contributed by atoms with E-state index in [0.29, 0.717) is 19.6 Å². The Bertz CT molecular complexity index is 670. The molecule has 1 aliphatic heterocycles. The lowest BCUT2D eigenvalue weighted by atomic mass is 10.2. The summed E-state index contributed by atoms with van der Waals surface area (Å²) in [5.41, 5.74) is 0.241. The first-order valence-electron chi connectivity index (χ1n) is 7.93. The average Bonchev–Trinajstić information content (AvgIpc) is 3.07. The molecular weight excluding hydrogens is 336 g/mol. The predicted octanol–water partition coefficient (Wildman–Crippen LogP) is 3.00. The third-order valence-electron chi connectivity index (χ3n) is 4.06. The summed E-state index contributed by atoms with van der Waals surface area (Å²) in [5.74, 6) is -0.248. The molecule has 0 aromatic heterocycles. The molecule has 0 spiro atoms. The number of carbonyl (C=O) groups is 1.